The molecule has 0 spiro atoms. The van der Waals surface area contributed by atoms with Crippen LogP contribution in [0.25, 0.3) is 0 Å². The van der Waals surface area contributed by atoms with Crippen LogP contribution in [-0.2, 0) is 33.3 Å². The Hall–Kier alpha value is -3.27. The molecule has 0 aromatic carbocycles. The molecule has 0 bridgehead atoms. The van der Waals surface area contributed by atoms with E-state index in [1.54, 1.807) is 0 Å². The molecule has 0 aliphatic rings. The quantitative estimate of drug-likeness (QED) is 0.0195. The molecule has 0 rings (SSSR count). The van der Waals surface area contributed by atoms with Crippen LogP contribution in [0.15, 0.2) is 72.9 Å². The fraction of sp³-hybridized carbons (Fsp3) is 0.786. The predicted octanol–water partition coefficient (Wildman–Crippen LogP) is 18.8. The summed E-state index contributed by atoms with van der Waals surface area (Å²) in [6.45, 7) is 4.62. The fourth-order valence-electron chi connectivity index (χ4n) is 9.38. The van der Waals surface area contributed by atoms with Crippen LogP contribution in [0.3, 0.4) is 0 Å². The summed E-state index contributed by atoms with van der Waals surface area (Å²) in [5, 5.41) is 11.8. The van der Waals surface area contributed by atoms with Crippen LogP contribution < -0.4 is 5.11 Å². The highest BCUT2D eigenvalue weighted by Gasteiger charge is 2.22. The number of nitrogens with zero attached hydrogens (tertiary/aromatic N) is 1. The van der Waals surface area contributed by atoms with Crippen LogP contribution in [0.5, 0.6) is 0 Å². The maximum absolute atomic E-state index is 12.9. The lowest BCUT2D eigenvalue weighted by atomic mass is 10.0. The monoisotopic (exact) mass is 1110 g/mol. The summed E-state index contributed by atoms with van der Waals surface area (Å²) in [6.07, 6.45) is 77.1. The van der Waals surface area contributed by atoms with Crippen molar-refractivity contribution in [2.24, 2.45) is 0 Å². The predicted molar refractivity (Wildman–Crippen MR) is 334 cm³/mol. The van der Waals surface area contributed by atoms with Gasteiger partial charge >= 0.3 is 11.9 Å². The Labute approximate surface area is 487 Å². The zero-order chi connectivity index (χ0) is 57.6. The Kier molecular flexibility index (Phi) is 58.3. The molecule has 9 nitrogen and oxygen atoms in total. The molecule has 9 heteroatoms. The van der Waals surface area contributed by atoms with Crippen molar-refractivity contribution < 1.29 is 42.9 Å². The first-order valence-electron chi connectivity index (χ1n) is 33.1. The average Bonchev–Trinajstić information content (AvgIpc) is 3.42. The first-order chi connectivity index (χ1) is 38.6. The van der Waals surface area contributed by atoms with E-state index < -0.39 is 24.3 Å². The second kappa shape index (κ2) is 60.8. The van der Waals surface area contributed by atoms with Crippen LogP contribution in [0.2, 0.25) is 0 Å². The molecule has 0 saturated heterocycles. The van der Waals surface area contributed by atoms with Crippen molar-refractivity contribution in [1.82, 2.24) is 0 Å². The number of quaternary nitrogens is 1. The van der Waals surface area contributed by atoms with E-state index in [1.165, 1.54) is 193 Å². The Morgan fingerprint density at radius 3 is 1.10 bits per heavy atom. The van der Waals surface area contributed by atoms with Gasteiger partial charge in [-0.1, -0.05) is 273 Å². The van der Waals surface area contributed by atoms with Crippen LogP contribution >= 0.6 is 0 Å². The van der Waals surface area contributed by atoms with Crippen LogP contribution in [0.4, 0.5) is 0 Å². The van der Waals surface area contributed by atoms with E-state index in [-0.39, 0.29) is 38.6 Å². The highest BCUT2D eigenvalue weighted by atomic mass is 16.7. The molecule has 2 atom stereocenters. The third-order valence-corrected chi connectivity index (χ3v) is 14.4. The normalized spacial score (nSPS) is 13.2. The molecule has 0 radical (unpaired) electrons. The third kappa shape index (κ3) is 62.2. The highest BCUT2D eigenvalue weighted by molar-refractivity contribution is 5.70. The number of unbranched alkanes of at least 4 members (excludes halogenated alkanes) is 34. The number of carbonyl (C=O) groups is 3. The van der Waals surface area contributed by atoms with Crippen LogP contribution in [-0.4, -0.2) is 82.3 Å². The molecule has 0 aromatic heterocycles. The topological polar surface area (TPSA) is 111 Å². The molecular formula is C70H125NO8. The van der Waals surface area contributed by atoms with E-state index in [0.29, 0.717) is 17.4 Å². The summed E-state index contributed by atoms with van der Waals surface area (Å²) in [4.78, 5) is 37.4. The smallest absolute Gasteiger partial charge is 0.306 e. The molecule has 0 heterocycles. The van der Waals surface area contributed by atoms with Gasteiger partial charge in [0.1, 0.15) is 13.2 Å². The minimum Gasteiger partial charge on any atom is -0.545 e. The average molecular weight is 1110 g/mol. The second-order valence-electron chi connectivity index (χ2n) is 23.4. The van der Waals surface area contributed by atoms with Gasteiger partial charge in [0.15, 0.2) is 12.4 Å². The maximum Gasteiger partial charge on any atom is 0.306 e. The molecule has 79 heavy (non-hydrogen) atoms. The van der Waals surface area contributed by atoms with Crippen molar-refractivity contribution in [3.8, 4) is 0 Å². The van der Waals surface area contributed by atoms with Crippen molar-refractivity contribution in [3.63, 3.8) is 0 Å². The van der Waals surface area contributed by atoms with Crippen molar-refractivity contribution in [2.75, 3.05) is 47.5 Å². The van der Waals surface area contributed by atoms with E-state index >= 15 is 0 Å². The molecule has 2 unspecified atom stereocenters. The highest BCUT2D eigenvalue weighted by Crippen LogP contribution is 2.17. The number of allylic oxidation sites excluding steroid dienone is 12. The van der Waals surface area contributed by atoms with Gasteiger partial charge in [-0.25, -0.2) is 0 Å². The van der Waals surface area contributed by atoms with Gasteiger partial charge < -0.3 is 33.3 Å². The second-order valence-corrected chi connectivity index (χ2v) is 23.4. The zero-order valence-corrected chi connectivity index (χ0v) is 52.2. The molecule has 0 N–H and O–H groups in total. The van der Waals surface area contributed by atoms with E-state index in [9.17, 15) is 19.5 Å². The summed E-state index contributed by atoms with van der Waals surface area (Å²) in [5.41, 5.74) is 0. The minimum absolute atomic E-state index is 0.139. The van der Waals surface area contributed by atoms with Gasteiger partial charge in [0.2, 0.25) is 0 Å². The van der Waals surface area contributed by atoms with E-state index in [1.807, 2.05) is 21.1 Å². The van der Waals surface area contributed by atoms with Crippen LogP contribution in [0, 0.1) is 0 Å². The standard InChI is InChI=1S/C70H125NO8/c1-6-8-10-12-14-16-18-20-22-24-26-27-28-29-30-31-32-33-34-35-36-37-38-39-40-41-43-44-46-48-50-52-54-56-58-60-67(72)77-64-66(65-78-70(69(74)75)76-63-62-71(3,4)5)79-68(73)61-59-57-55-53-51-49-47-45-42-25-23-21-19-17-15-13-11-9-7-2/h9,11,15,17,21,23-24,26,42,45,49,51,66,70H,6-8,10,12-14,16,18-20,22,25,27-41,43-44,46-48,50,52-65H2,1-5H3/b11-9-,17-15-,23-21-,26-24-,45-42-,51-49-. The summed E-state index contributed by atoms with van der Waals surface area (Å²) in [6, 6.07) is 0. The Balaban J connectivity index is 4.06. The lowest BCUT2D eigenvalue weighted by Crippen LogP contribution is -2.44. The van der Waals surface area contributed by atoms with Gasteiger partial charge in [-0.15, -0.1) is 0 Å². The van der Waals surface area contributed by atoms with Gasteiger partial charge in [-0.05, 0) is 83.5 Å². The Morgan fingerprint density at radius 1 is 0.392 bits per heavy atom. The van der Waals surface area contributed by atoms with Gasteiger partial charge in [0, 0.05) is 12.8 Å². The summed E-state index contributed by atoms with van der Waals surface area (Å²) < 4.78 is 22.7. The number of carboxylic acid groups (broad SMARTS) is 1. The number of aliphatic carboxylic acids is 1. The van der Waals surface area contributed by atoms with E-state index in [0.717, 1.165) is 70.6 Å². The summed E-state index contributed by atoms with van der Waals surface area (Å²) >= 11 is 0. The summed E-state index contributed by atoms with van der Waals surface area (Å²) in [5.74, 6) is -2.32. The van der Waals surface area contributed by atoms with Crippen LogP contribution in [0.1, 0.15) is 296 Å². The Bertz CT molecular complexity index is 1520. The molecule has 0 aliphatic heterocycles. The number of likely N-dealkylation sites (N-methyl/N-ethyl adjacent to an activating group) is 1. The maximum atomic E-state index is 12.9. The lowest BCUT2D eigenvalue weighted by Gasteiger charge is -2.26. The summed E-state index contributed by atoms with van der Waals surface area (Å²) in [7, 11) is 5.91. The Morgan fingerprint density at radius 2 is 0.722 bits per heavy atom. The SMILES string of the molecule is CC/C=C\C/C=C\C/C=C\C/C=C\C/C=C\CCCCCC(=O)OC(COC(=O)CCCCCCCCCCCCCCCCCCCCCCCCC/C=C\CCCCCCCCCC)COC(OCC[N+](C)(C)C)C(=O)[O-]. The first-order valence-corrected chi connectivity index (χ1v) is 33.1. The number of rotatable bonds is 61. The minimum atomic E-state index is -1.63. The number of hydrogen-bond donors (Lipinski definition) is 0. The van der Waals surface area contributed by atoms with Gasteiger partial charge in [-0.3, -0.25) is 9.59 Å². The van der Waals surface area contributed by atoms with Gasteiger partial charge in [-0.2, -0.15) is 0 Å². The number of hydrogen-bond acceptors (Lipinski definition) is 8. The number of ether oxygens (including phenoxy) is 4. The number of carbonyl (C=O) groups excluding carboxylic acids is 3. The van der Waals surface area contributed by atoms with Gasteiger partial charge in [0.05, 0.1) is 40.3 Å². The van der Waals surface area contributed by atoms with E-state index in [4.69, 9.17) is 18.9 Å². The fourth-order valence-corrected chi connectivity index (χ4v) is 9.38. The van der Waals surface area contributed by atoms with Crippen molar-refractivity contribution >= 4 is 17.9 Å². The first kappa shape index (κ1) is 75.7. The number of carboxylic acids is 1. The zero-order valence-electron chi connectivity index (χ0n) is 52.2. The number of esters is 2. The molecule has 0 aromatic rings. The largest absolute Gasteiger partial charge is 0.545 e. The van der Waals surface area contributed by atoms with Gasteiger partial charge in [0.25, 0.3) is 0 Å². The van der Waals surface area contributed by atoms with E-state index in [2.05, 4.69) is 86.8 Å². The molecule has 0 aliphatic carbocycles. The molecular weight excluding hydrogens is 983 g/mol. The van der Waals surface area contributed by atoms with Crippen molar-refractivity contribution in [1.29, 1.82) is 0 Å². The molecule has 458 valence electrons. The molecule has 0 saturated carbocycles. The van der Waals surface area contributed by atoms with Crippen molar-refractivity contribution in [2.45, 2.75) is 309 Å². The van der Waals surface area contributed by atoms with Crippen molar-refractivity contribution in [3.05, 3.63) is 72.9 Å². The third-order valence-electron chi connectivity index (χ3n) is 14.4. The lowest BCUT2D eigenvalue weighted by molar-refractivity contribution is -0.870. The molecule has 0 fully saturated rings. The molecule has 0 amide bonds.